The monoisotopic (exact) mass is 273 g/mol. The molecule has 0 saturated carbocycles. The van der Waals surface area contributed by atoms with Crippen molar-refractivity contribution in [2.75, 3.05) is 38.5 Å². The summed E-state index contributed by atoms with van der Waals surface area (Å²) >= 11 is 0. The van der Waals surface area contributed by atoms with Crippen molar-refractivity contribution >= 4 is 11.6 Å². The van der Waals surface area contributed by atoms with Gasteiger partial charge >= 0.3 is 0 Å². The van der Waals surface area contributed by atoms with Gasteiger partial charge in [0, 0.05) is 44.8 Å². The third kappa shape index (κ3) is 2.72. The van der Waals surface area contributed by atoms with Gasteiger partial charge in [-0.15, -0.1) is 0 Å². The summed E-state index contributed by atoms with van der Waals surface area (Å²) in [5.74, 6) is -0.00133. The number of nitrogens with one attached hydrogen (secondary N) is 1. The maximum absolute atomic E-state index is 11.1. The molecule has 1 unspecified atom stereocenters. The van der Waals surface area contributed by atoms with E-state index in [0.29, 0.717) is 6.04 Å². The maximum atomic E-state index is 11.1. The molecule has 4 nitrogen and oxygen atoms in total. The van der Waals surface area contributed by atoms with Crippen LogP contribution in [0.25, 0.3) is 0 Å². The number of benzene rings is 1. The fourth-order valence-electron chi connectivity index (χ4n) is 3.39. The summed E-state index contributed by atoms with van der Waals surface area (Å²) in [6.07, 6.45) is 2.34. The number of rotatable bonds is 2. The van der Waals surface area contributed by atoms with E-state index in [2.05, 4.69) is 34.3 Å². The zero-order valence-corrected chi connectivity index (χ0v) is 12.4. The highest BCUT2D eigenvalue weighted by Gasteiger charge is 2.29. The number of anilines is 1. The first-order valence-electron chi connectivity index (χ1n) is 7.46. The van der Waals surface area contributed by atoms with Crippen LogP contribution in [0.5, 0.6) is 0 Å². The van der Waals surface area contributed by atoms with Crippen LogP contribution >= 0.6 is 0 Å². The number of fused-ring (bicyclic) bond motifs is 1. The van der Waals surface area contributed by atoms with Gasteiger partial charge in [-0.25, -0.2) is 0 Å². The van der Waals surface area contributed by atoms with Crippen LogP contribution in [-0.4, -0.2) is 48.9 Å². The molecule has 1 amide bonds. The Morgan fingerprint density at radius 2 is 2.00 bits per heavy atom. The lowest BCUT2D eigenvalue weighted by atomic mass is 10.1. The van der Waals surface area contributed by atoms with Crippen molar-refractivity contribution in [3.63, 3.8) is 0 Å². The molecule has 20 heavy (non-hydrogen) atoms. The Kier molecular flexibility index (Phi) is 3.76. The minimum Gasteiger partial charge on any atom is -0.326 e. The number of hydrogen-bond donors (Lipinski definition) is 1. The summed E-state index contributed by atoms with van der Waals surface area (Å²) in [5, 5.41) is 2.88. The molecular weight excluding hydrogens is 250 g/mol. The predicted molar refractivity (Wildman–Crippen MR) is 80.9 cm³/mol. The summed E-state index contributed by atoms with van der Waals surface area (Å²) < 4.78 is 0. The van der Waals surface area contributed by atoms with Gasteiger partial charge in [0.25, 0.3) is 0 Å². The smallest absolute Gasteiger partial charge is 0.221 e. The molecule has 3 rings (SSSR count). The minimum absolute atomic E-state index is 0.00133. The molecule has 1 aliphatic carbocycles. The first-order chi connectivity index (χ1) is 9.63. The molecule has 1 fully saturated rings. The van der Waals surface area contributed by atoms with Crippen LogP contribution < -0.4 is 5.32 Å². The zero-order chi connectivity index (χ0) is 14.1. The maximum Gasteiger partial charge on any atom is 0.221 e. The second-order valence-corrected chi connectivity index (χ2v) is 5.99. The molecule has 1 aromatic rings. The van der Waals surface area contributed by atoms with Crippen molar-refractivity contribution in [1.29, 1.82) is 0 Å². The third-order valence-electron chi connectivity index (χ3n) is 4.49. The Hall–Kier alpha value is -1.39. The number of carbonyl (C=O) groups is 1. The van der Waals surface area contributed by atoms with Gasteiger partial charge in [-0.05, 0) is 43.1 Å². The van der Waals surface area contributed by atoms with Crippen LogP contribution in [0.15, 0.2) is 18.2 Å². The van der Waals surface area contributed by atoms with Crippen molar-refractivity contribution in [2.24, 2.45) is 0 Å². The molecule has 108 valence electrons. The van der Waals surface area contributed by atoms with Crippen LogP contribution in [0.4, 0.5) is 5.69 Å². The lowest BCUT2D eigenvalue weighted by molar-refractivity contribution is -0.114. The van der Waals surface area contributed by atoms with Gasteiger partial charge in [-0.2, -0.15) is 0 Å². The normalized spacial score (nSPS) is 23.6. The summed E-state index contributed by atoms with van der Waals surface area (Å²) in [6, 6.07) is 6.96. The van der Waals surface area contributed by atoms with Crippen LogP contribution in [-0.2, 0) is 11.2 Å². The largest absolute Gasteiger partial charge is 0.326 e. The lowest BCUT2D eigenvalue weighted by Gasteiger charge is -2.36. The molecule has 1 heterocycles. The molecule has 2 aliphatic rings. The Morgan fingerprint density at radius 1 is 1.25 bits per heavy atom. The standard InChI is InChI=1S/C16H23N3O/c1-12(20)17-14-4-5-15-13(11-14)3-6-16(15)19-9-7-18(2)8-10-19/h4-5,11,16H,3,6-10H2,1-2H3,(H,17,20). The Bertz CT molecular complexity index is 506. The van der Waals surface area contributed by atoms with E-state index in [1.807, 2.05) is 6.07 Å². The van der Waals surface area contributed by atoms with Crippen molar-refractivity contribution in [3.8, 4) is 0 Å². The van der Waals surface area contributed by atoms with Gasteiger partial charge < -0.3 is 10.2 Å². The average Bonchev–Trinajstić information content (AvgIpc) is 2.82. The number of likely N-dealkylation sites (N-methyl/N-ethyl adjacent to an activating group) is 1. The highest BCUT2D eigenvalue weighted by Crippen LogP contribution is 2.37. The van der Waals surface area contributed by atoms with Crippen LogP contribution in [0.3, 0.4) is 0 Å². The van der Waals surface area contributed by atoms with Gasteiger partial charge in [-0.1, -0.05) is 6.07 Å². The van der Waals surface area contributed by atoms with Crippen LogP contribution in [0.1, 0.15) is 30.5 Å². The molecule has 0 bridgehead atoms. The fraction of sp³-hybridized carbons (Fsp3) is 0.562. The van der Waals surface area contributed by atoms with E-state index in [9.17, 15) is 4.79 Å². The number of amides is 1. The topological polar surface area (TPSA) is 35.6 Å². The quantitative estimate of drug-likeness (QED) is 0.893. The number of nitrogens with zero attached hydrogens (tertiary/aromatic N) is 2. The minimum atomic E-state index is -0.00133. The van der Waals surface area contributed by atoms with Crippen molar-refractivity contribution in [2.45, 2.75) is 25.8 Å². The SMILES string of the molecule is CC(=O)Nc1ccc2c(c1)CCC2N1CCN(C)CC1. The zero-order valence-electron chi connectivity index (χ0n) is 12.4. The van der Waals surface area contributed by atoms with Crippen LogP contribution in [0, 0.1) is 0 Å². The Balaban J connectivity index is 1.75. The molecular formula is C16H23N3O. The summed E-state index contributed by atoms with van der Waals surface area (Å²) in [6.45, 7) is 6.20. The van der Waals surface area contributed by atoms with E-state index in [1.54, 1.807) is 6.92 Å². The van der Waals surface area contributed by atoms with E-state index >= 15 is 0 Å². The second kappa shape index (κ2) is 5.54. The van der Waals surface area contributed by atoms with Gasteiger partial charge in [0.05, 0.1) is 0 Å². The highest BCUT2D eigenvalue weighted by atomic mass is 16.1. The molecule has 0 aromatic heterocycles. The van der Waals surface area contributed by atoms with Gasteiger partial charge in [0.1, 0.15) is 0 Å². The third-order valence-corrected chi connectivity index (χ3v) is 4.49. The van der Waals surface area contributed by atoms with E-state index in [4.69, 9.17) is 0 Å². The molecule has 0 radical (unpaired) electrons. The molecule has 4 heteroatoms. The van der Waals surface area contributed by atoms with Crippen molar-refractivity contribution in [1.82, 2.24) is 9.80 Å². The number of carbonyl (C=O) groups excluding carboxylic acids is 1. The van der Waals surface area contributed by atoms with Crippen LogP contribution in [0.2, 0.25) is 0 Å². The second-order valence-electron chi connectivity index (χ2n) is 5.99. The first-order valence-corrected chi connectivity index (χ1v) is 7.46. The molecule has 0 spiro atoms. The number of hydrogen-bond acceptors (Lipinski definition) is 3. The first kappa shape index (κ1) is 13.6. The Morgan fingerprint density at radius 3 is 2.70 bits per heavy atom. The predicted octanol–water partition coefficient (Wildman–Crippen LogP) is 1.88. The summed E-state index contributed by atoms with van der Waals surface area (Å²) in [4.78, 5) is 16.1. The van der Waals surface area contributed by atoms with Gasteiger partial charge in [0.15, 0.2) is 0 Å². The molecule has 1 aliphatic heterocycles. The molecule has 1 N–H and O–H groups in total. The van der Waals surface area contributed by atoms with E-state index < -0.39 is 0 Å². The average molecular weight is 273 g/mol. The number of piperazine rings is 1. The Labute approximate surface area is 120 Å². The molecule has 1 atom stereocenters. The fourth-order valence-corrected chi connectivity index (χ4v) is 3.39. The molecule has 1 aromatic carbocycles. The summed E-state index contributed by atoms with van der Waals surface area (Å²) in [7, 11) is 2.19. The lowest BCUT2D eigenvalue weighted by Crippen LogP contribution is -2.45. The molecule has 1 saturated heterocycles. The van der Waals surface area contributed by atoms with Crippen molar-refractivity contribution in [3.05, 3.63) is 29.3 Å². The van der Waals surface area contributed by atoms with Gasteiger partial charge in [0.2, 0.25) is 5.91 Å². The van der Waals surface area contributed by atoms with E-state index in [0.717, 1.165) is 38.3 Å². The summed E-state index contributed by atoms with van der Waals surface area (Å²) in [5.41, 5.74) is 3.79. The number of aryl methyl sites for hydroxylation is 1. The van der Waals surface area contributed by atoms with E-state index in [1.165, 1.54) is 17.5 Å². The van der Waals surface area contributed by atoms with E-state index in [-0.39, 0.29) is 5.91 Å². The van der Waals surface area contributed by atoms with Crippen molar-refractivity contribution < 1.29 is 4.79 Å². The highest BCUT2D eigenvalue weighted by molar-refractivity contribution is 5.88. The van der Waals surface area contributed by atoms with Gasteiger partial charge in [-0.3, -0.25) is 9.69 Å².